The number of hydrogen-bond donors (Lipinski definition) is 2. The zero-order valence-corrected chi connectivity index (χ0v) is 66.7. The summed E-state index contributed by atoms with van der Waals surface area (Å²) in [5, 5.41) is 26.5. The molecule has 0 aliphatic carbocycles. The number of aromatic nitrogens is 8. The Morgan fingerprint density at radius 3 is 0.941 bits per heavy atom. The van der Waals surface area contributed by atoms with Crippen LogP contribution in [0.2, 0.25) is 0 Å². The first-order valence-electron chi connectivity index (χ1n) is 36.1. The number of aryl methyl sites for hydroxylation is 8. The van der Waals surface area contributed by atoms with Crippen LogP contribution in [-0.2, 0) is 105 Å². The molecule has 101 heavy (non-hydrogen) atoms. The minimum Gasteiger partial charge on any atom is -0.657 e. The van der Waals surface area contributed by atoms with Crippen molar-refractivity contribution in [3.05, 3.63) is 173 Å². The van der Waals surface area contributed by atoms with E-state index >= 15 is 0 Å². The summed E-state index contributed by atoms with van der Waals surface area (Å²) < 4.78 is 0. The van der Waals surface area contributed by atoms with Crippen LogP contribution in [-0.4, -0.2) is 54.9 Å². The van der Waals surface area contributed by atoms with Gasteiger partial charge in [-0.05, 0) is 219 Å². The molecule has 4 aliphatic heterocycles. The van der Waals surface area contributed by atoms with Crippen molar-refractivity contribution in [1.82, 2.24) is 39.9 Å². The van der Waals surface area contributed by atoms with E-state index in [0.29, 0.717) is 0 Å². The van der Waals surface area contributed by atoms with Crippen molar-refractivity contribution in [3.63, 3.8) is 0 Å². The van der Waals surface area contributed by atoms with Crippen LogP contribution in [0.1, 0.15) is 259 Å². The maximum Gasteiger partial charge on any atom is 2.00 e. The van der Waals surface area contributed by atoms with Gasteiger partial charge in [-0.1, -0.05) is 161 Å². The number of carbonyl (C=O) groups excluding carboxylic acids is 1. The molecule has 0 atom stereocenters. The minimum atomic E-state index is -1.25. The third kappa shape index (κ3) is 21.4. The van der Waals surface area contributed by atoms with E-state index in [2.05, 4.69) is 145 Å². The van der Waals surface area contributed by atoms with E-state index in [4.69, 9.17) is 51.6 Å². The second-order valence-corrected chi connectivity index (χ2v) is 25.4. The second-order valence-electron chi connectivity index (χ2n) is 25.4. The van der Waals surface area contributed by atoms with E-state index < -0.39 is 18.5 Å². The molecule has 15 nitrogen and oxygen atoms in total. The largest absolute Gasteiger partial charge is 2.00 e. The number of fused-ring (bicyclic) bond motifs is 16. The number of aldehydes is 1. The number of carboxylic acid groups (broad SMARTS) is 2. The molecule has 0 radical (unpaired) electrons. The fourth-order valence-corrected chi connectivity index (χ4v) is 12.6. The summed E-state index contributed by atoms with van der Waals surface area (Å²) in [5.41, 5.74) is 25.9. The first-order valence-corrected chi connectivity index (χ1v) is 36.1. The van der Waals surface area contributed by atoms with Gasteiger partial charge in [-0.15, -0.1) is 44.1 Å². The average Bonchev–Trinajstić information content (AvgIpc) is 1.64. The number of hydrogen-bond acceptors (Lipinski definition) is 8. The average molecular weight is 1460 g/mol. The van der Waals surface area contributed by atoms with Gasteiger partial charge in [-0.2, -0.15) is 5.26 Å². The van der Waals surface area contributed by atoms with Gasteiger partial charge in [0.05, 0.1) is 45.6 Å². The zero-order valence-electron chi connectivity index (χ0n) is 60.7. The molecule has 6 aromatic heterocycles. The Hall–Kier alpha value is -8.74. The van der Waals surface area contributed by atoms with Crippen LogP contribution in [0, 0.1) is 17.9 Å². The predicted molar refractivity (Wildman–Crippen MR) is 407 cm³/mol. The Labute approximate surface area is 622 Å². The number of allylic oxidation sites excluding steroid dienone is 3. The molecule has 0 saturated carbocycles. The summed E-state index contributed by atoms with van der Waals surface area (Å²) in [6, 6.07) is 14.7. The van der Waals surface area contributed by atoms with E-state index in [1.165, 1.54) is 22.8 Å². The van der Waals surface area contributed by atoms with Crippen LogP contribution in [0.25, 0.3) is 110 Å². The summed E-state index contributed by atoms with van der Waals surface area (Å²) in [6.07, 6.45) is 50.2. The first kappa shape index (κ1) is 81.2. The quantitative estimate of drug-likeness (QED) is 0.0107. The van der Waals surface area contributed by atoms with E-state index in [1.54, 1.807) is 18.2 Å². The van der Waals surface area contributed by atoms with E-state index in [9.17, 15) is 24.8 Å². The van der Waals surface area contributed by atoms with Crippen molar-refractivity contribution in [2.75, 3.05) is 6.54 Å². The maximum atomic E-state index is 11.5. The molecule has 0 spiro atoms. The fourth-order valence-electron chi connectivity index (χ4n) is 12.6. The van der Waals surface area contributed by atoms with Gasteiger partial charge in [-0.25, -0.2) is 36.1 Å². The molecular weight excluding hydrogens is 1360 g/mol. The zero-order chi connectivity index (χ0) is 70.6. The van der Waals surface area contributed by atoms with Crippen LogP contribution in [0.15, 0.2) is 60.2 Å². The van der Waals surface area contributed by atoms with Crippen LogP contribution in [0.4, 0.5) is 0 Å². The molecule has 0 amide bonds. The van der Waals surface area contributed by atoms with Gasteiger partial charge in [0.2, 0.25) is 0 Å². The van der Waals surface area contributed by atoms with Crippen molar-refractivity contribution < 1.29 is 63.6 Å². The third-order valence-corrected chi connectivity index (χ3v) is 18.0. The Balaban J connectivity index is 0.000000290. The maximum absolute atomic E-state index is 11.5. The fraction of sp³-hybridized carbons (Fsp3) is 0.393. The molecule has 0 aromatic carbocycles. The normalized spacial score (nSPS) is 12.0. The standard InChI is InChI=1S/C42H48N5O2.C39H47N4O.C3H3NO2.2Zn/c1-5-9-16-30-34-20-21-35(44-34)31(17-10-6-2)37-24-25-39(46-37)33(19-12-8-4)41-28(14-13-15-29(27-43)42(48)49)26-40(47-41)32(18-11-7-3)38-23-22-36(30)45-38;1-5-9-15-28-32-19-20-33(40-32)29(16-10-6-2)35-23-24-37(42-35)31(18-12-8-4)39-27(14-13-25-44)26-38(43-39)30(17-11-7-3)36-22-21-34(28)41-36;1-4-2-3(5)6;;/h13-15,20-26H,5-12,16-19H2,1-4H3,(H2-,44,45,46,47,48,49);13-14,19-26H,5-12,15-18H2,1-4H3,(H-,40,41,42,43,44);2H2,(H,5,6);;/q2*-1;;2*+2/p-2/b14-13+,29-15-,34-30?,35-31?,36-30?,37-31?,38-32?,39-33?,40-32?,41-33?;;;;. The molecule has 0 unspecified atom stereocenters. The minimum absolute atomic E-state index is 0. The van der Waals surface area contributed by atoms with Gasteiger partial charge in [0.1, 0.15) is 17.9 Å². The Morgan fingerprint density at radius 1 is 0.436 bits per heavy atom. The van der Waals surface area contributed by atoms with E-state index in [-0.39, 0.29) is 44.5 Å². The Morgan fingerprint density at radius 2 is 0.703 bits per heavy atom. The SMILES string of the molecule is CCCCc1c2nc(c(CCCC)c3cc(/C=C/C=C(/C#N)C(=O)O)c([n-]3)c(CCCC)c3nc(c(CCCC)c4ccc1[n-]4)C=C3)C=C2.CCCCc1c2nc(c(CCCC)c3cc(/C=C/C=O)c([n-]3)c(CCCC)c3nc(c(CCCC)c4ccc1[n-]4)C=C3)C=C2.[C-]#[N+]CC(=O)O.[Zn+2].[Zn+2]. The molecule has 0 saturated heterocycles. The van der Waals surface area contributed by atoms with Crippen LogP contribution in [0.5, 0.6) is 0 Å². The van der Waals surface area contributed by atoms with Gasteiger partial charge < -0.3 is 35.0 Å². The molecule has 10 heterocycles. The summed E-state index contributed by atoms with van der Waals surface area (Å²) in [6.45, 7) is 23.3. The number of rotatable bonds is 30. The van der Waals surface area contributed by atoms with Crippen molar-refractivity contribution in [3.8, 4) is 6.07 Å². The smallest absolute Gasteiger partial charge is 0.657 e. The number of nitriles is 1. The number of carboxylic acids is 2. The number of carbonyl (C=O) groups is 3. The van der Waals surface area contributed by atoms with Crippen molar-refractivity contribution in [1.29, 1.82) is 5.26 Å². The molecule has 6 aromatic rings. The van der Waals surface area contributed by atoms with Crippen molar-refractivity contribution in [2.45, 2.75) is 209 Å². The molecule has 10 rings (SSSR count). The molecular formula is C84H96N10O5Zn2. The molecule has 2 N–H and O–H groups in total. The summed E-state index contributed by atoms with van der Waals surface area (Å²) in [7, 11) is 0. The first-order chi connectivity index (χ1) is 48.3. The van der Waals surface area contributed by atoms with Gasteiger partial charge in [0, 0.05) is 0 Å². The van der Waals surface area contributed by atoms with Crippen molar-refractivity contribution in [2.24, 2.45) is 0 Å². The number of unbranched alkanes of at least 4 members (excludes halogenated alkanes) is 8. The second kappa shape index (κ2) is 41.9. The van der Waals surface area contributed by atoms with E-state index in [0.717, 1.165) is 289 Å². The topological polar surface area (TPSA) is 228 Å². The van der Waals surface area contributed by atoms with Gasteiger partial charge in [0.15, 0.2) is 0 Å². The molecule has 16 bridgehead atoms. The third-order valence-electron chi connectivity index (χ3n) is 18.0. The molecule has 17 heteroatoms. The Kier molecular flexibility index (Phi) is 33.7. The summed E-state index contributed by atoms with van der Waals surface area (Å²) >= 11 is 0. The number of aliphatic carboxylic acids is 2. The van der Waals surface area contributed by atoms with Crippen LogP contribution >= 0.6 is 0 Å². The molecule has 516 valence electrons. The number of nitrogens with zero attached hydrogens (tertiary/aromatic N) is 10. The van der Waals surface area contributed by atoms with Gasteiger partial charge >= 0.3 is 57.4 Å². The van der Waals surface area contributed by atoms with Gasteiger partial charge in [0.25, 0.3) is 0 Å². The molecule has 4 aliphatic rings. The monoisotopic (exact) mass is 1450 g/mol. The van der Waals surface area contributed by atoms with E-state index in [1.807, 2.05) is 12.2 Å². The van der Waals surface area contributed by atoms with Crippen molar-refractivity contribution >= 4 is 123 Å². The summed E-state index contributed by atoms with van der Waals surface area (Å²) in [4.78, 5) is 77.2. The van der Waals surface area contributed by atoms with Crippen LogP contribution in [0.3, 0.4) is 0 Å². The summed E-state index contributed by atoms with van der Waals surface area (Å²) in [5.74, 6) is -2.32. The van der Waals surface area contributed by atoms with Crippen LogP contribution < -0.4 is 19.9 Å². The molecule has 0 fully saturated rings. The Bertz CT molecular complexity index is 4550. The van der Waals surface area contributed by atoms with Gasteiger partial charge in [-0.3, -0.25) is 4.79 Å². The predicted octanol–water partition coefficient (Wildman–Crippen LogP) is 19.3.